The van der Waals surface area contributed by atoms with E-state index in [1.54, 1.807) is 7.11 Å². The number of rotatable bonds is 7. The van der Waals surface area contributed by atoms with E-state index in [1.165, 1.54) is 0 Å². The molecule has 0 aromatic carbocycles. The highest BCUT2D eigenvalue weighted by Gasteiger charge is 2.25. The highest BCUT2D eigenvalue weighted by atomic mass is 16.5. The summed E-state index contributed by atoms with van der Waals surface area (Å²) in [7, 11) is 1.69. The predicted molar refractivity (Wildman–Crippen MR) is 59.7 cm³/mol. The fourth-order valence-electron chi connectivity index (χ4n) is 1.43. The average molecular weight is 214 g/mol. The molecule has 2 unspecified atom stereocenters. The lowest BCUT2D eigenvalue weighted by atomic mass is 10.2. The number of amides is 1. The van der Waals surface area contributed by atoms with Crippen LogP contribution in [0.4, 0.5) is 0 Å². The van der Waals surface area contributed by atoms with Crippen molar-refractivity contribution >= 4 is 5.91 Å². The van der Waals surface area contributed by atoms with Gasteiger partial charge in [0.1, 0.15) is 0 Å². The molecule has 0 saturated heterocycles. The van der Waals surface area contributed by atoms with Gasteiger partial charge < -0.3 is 15.4 Å². The van der Waals surface area contributed by atoms with E-state index >= 15 is 0 Å². The van der Waals surface area contributed by atoms with Crippen molar-refractivity contribution in [2.24, 2.45) is 0 Å². The highest BCUT2D eigenvalue weighted by Crippen LogP contribution is 2.18. The topological polar surface area (TPSA) is 50.4 Å². The van der Waals surface area contributed by atoms with Gasteiger partial charge in [0, 0.05) is 25.8 Å². The van der Waals surface area contributed by atoms with E-state index in [9.17, 15) is 4.79 Å². The molecule has 0 heterocycles. The number of methoxy groups -OCH3 is 1. The molecule has 4 nitrogen and oxygen atoms in total. The molecule has 1 amide bonds. The van der Waals surface area contributed by atoms with Crippen LogP contribution in [0.5, 0.6) is 0 Å². The van der Waals surface area contributed by atoms with Crippen LogP contribution in [0.2, 0.25) is 0 Å². The van der Waals surface area contributed by atoms with E-state index in [-0.39, 0.29) is 11.9 Å². The molecule has 2 atom stereocenters. The molecule has 1 rings (SSSR count). The molecular weight excluding hydrogens is 192 g/mol. The maximum Gasteiger partial charge on any atom is 0.237 e. The van der Waals surface area contributed by atoms with Crippen molar-refractivity contribution in [3.63, 3.8) is 0 Å². The summed E-state index contributed by atoms with van der Waals surface area (Å²) in [6, 6.07) is 0.637. The molecule has 0 spiro atoms. The van der Waals surface area contributed by atoms with Gasteiger partial charge >= 0.3 is 0 Å². The molecule has 4 heteroatoms. The Hall–Kier alpha value is -0.610. The van der Waals surface area contributed by atoms with Crippen LogP contribution in [0.1, 0.15) is 33.1 Å². The summed E-state index contributed by atoms with van der Waals surface area (Å²) >= 11 is 0. The molecule has 88 valence electrons. The summed E-state index contributed by atoms with van der Waals surface area (Å²) < 4.78 is 4.99. The summed E-state index contributed by atoms with van der Waals surface area (Å²) in [5, 5.41) is 6.24. The summed E-state index contributed by atoms with van der Waals surface area (Å²) in [4.78, 5) is 11.6. The monoisotopic (exact) mass is 214 g/mol. The van der Waals surface area contributed by atoms with Crippen LogP contribution < -0.4 is 10.6 Å². The van der Waals surface area contributed by atoms with E-state index in [0.29, 0.717) is 12.1 Å². The third kappa shape index (κ3) is 5.14. The van der Waals surface area contributed by atoms with Crippen LogP contribution >= 0.6 is 0 Å². The van der Waals surface area contributed by atoms with Crippen molar-refractivity contribution in [1.29, 1.82) is 0 Å². The van der Waals surface area contributed by atoms with E-state index in [0.717, 1.165) is 25.9 Å². The van der Waals surface area contributed by atoms with Crippen LogP contribution in [-0.2, 0) is 9.53 Å². The lowest BCUT2D eigenvalue weighted by Gasteiger charge is -2.19. The third-order valence-corrected chi connectivity index (χ3v) is 2.61. The Morgan fingerprint density at radius 2 is 2.13 bits per heavy atom. The van der Waals surface area contributed by atoms with Crippen LogP contribution in [0.15, 0.2) is 0 Å². The van der Waals surface area contributed by atoms with Crippen molar-refractivity contribution in [3.8, 4) is 0 Å². The number of ether oxygens (including phenoxy) is 1. The summed E-state index contributed by atoms with van der Waals surface area (Å²) in [5.41, 5.74) is 0. The van der Waals surface area contributed by atoms with Gasteiger partial charge in [-0.3, -0.25) is 4.79 Å². The lowest BCUT2D eigenvalue weighted by Crippen LogP contribution is -2.46. The van der Waals surface area contributed by atoms with Gasteiger partial charge in [-0.15, -0.1) is 0 Å². The largest absolute Gasteiger partial charge is 0.385 e. The third-order valence-electron chi connectivity index (χ3n) is 2.61. The zero-order valence-corrected chi connectivity index (χ0v) is 9.88. The maximum absolute atomic E-state index is 11.6. The van der Waals surface area contributed by atoms with Gasteiger partial charge in [-0.2, -0.15) is 0 Å². The molecular formula is C11H22N2O2. The van der Waals surface area contributed by atoms with Crippen LogP contribution in [0.3, 0.4) is 0 Å². The van der Waals surface area contributed by atoms with Gasteiger partial charge in [-0.1, -0.05) is 0 Å². The van der Waals surface area contributed by atoms with Gasteiger partial charge in [0.2, 0.25) is 5.91 Å². The van der Waals surface area contributed by atoms with Crippen LogP contribution in [0.25, 0.3) is 0 Å². The zero-order chi connectivity index (χ0) is 11.3. The van der Waals surface area contributed by atoms with E-state index in [1.807, 2.05) is 6.92 Å². The average Bonchev–Trinajstić information content (AvgIpc) is 2.98. The highest BCUT2D eigenvalue weighted by molar-refractivity contribution is 5.81. The number of hydrogen-bond donors (Lipinski definition) is 2. The SMILES string of the molecule is COCCC(C)NC(C)C(=O)NC1CC1. The second-order valence-corrected chi connectivity index (χ2v) is 4.35. The Kier molecular flexibility index (Phi) is 5.05. The smallest absolute Gasteiger partial charge is 0.237 e. The van der Waals surface area contributed by atoms with Crippen molar-refractivity contribution in [2.75, 3.05) is 13.7 Å². The zero-order valence-electron chi connectivity index (χ0n) is 9.88. The van der Waals surface area contributed by atoms with Crippen LogP contribution in [-0.4, -0.2) is 37.7 Å². The molecule has 1 aliphatic carbocycles. The number of carbonyl (C=O) groups excluding carboxylic acids is 1. The molecule has 1 aliphatic rings. The van der Waals surface area contributed by atoms with Gasteiger partial charge in [-0.25, -0.2) is 0 Å². The van der Waals surface area contributed by atoms with E-state index in [2.05, 4.69) is 17.6 Å². The van der Waals surface area contributed by atoms with E-state index in [4.69, 9.17) is 4.74 Å². The maximum atomic E-state index is 11.6. The van der Waals surface area contributed by atoms with Crippen molar-refractivity contribution in [3.05, 3.63) is 0 Å². The molecule has 0 aromatic rings. The standard InChI is InChI=1S/C11H22N2O2/c1-8(6-7-15-3)12-9(2)11(14)13-10-4-5-10/h8-10,12H,4-7H2,1-3H3,(H,13,14). The minimum Gasteiger partial charge on any atom is -0.385 e. The molecule has 0 aromatic heterocycles. The van der Waals surface area contributed by atoms with Gasteiger partial charge in [-0.05, 0) is 33.1 Å². The predicted octanol–water partition coefficient (Wildman–Crippen LogP) is 0.668. The molecule has 15 heavy (non-hydrogen) atoms. The fourth-order valence-corrected chi connectivity index (χ4v) is 1.43. The summed E-state index contributed by atoms with van der Waals surface area (Å²) in [5.74, 6) is 0.113. The molecule has 0 radical (unpaired) electrons. The Morgan fingerprint density at radius 1 is 1.47 bits per heavy atom. The number of hydrogen-bond acceptors (Lipinski definition) is 3. The number of nitrogens with one attached hydrogen (secondary N) is 2. The van der Waals surface area contributed by atoms with E-state index < -0.39 is 0 Å². The second-order valence-electron chi connectivity index (χ2n) is 4.35. The Morgan fingerprint density at radius 3 is 2.67 bits per heavy atom. The fraction of sp³-hybridized carbons (Fsp3) is 0.909. The number of carbonyl (C=O) groups is 1. The Labute approximate surface area is 91.8 Å². The minimum absolute atomic E-state index is 0.113. The van der Waals surface area contributed by atoms with Gasteiger partial charge in [0.25, 0.3) is 0 Å². The quantitative estimate of drug-likeness (QED) is 0.655. The van der Waals surface area contributed by atoms with Crippen molar-refractivity contribution in [1.82, 2.24) is 10.6 Å². The normalized spacial score (nSPS) is 19.7. The first-order valence-electron chi connectivity index (χ1n) is 5.69. The van der Waals surface area contributed by atoms with Gasteiger partial charge in [0.15, 0.2) is 0 Å². The lowest BCUT2D eigenvalue weighted by molar-refractivity contribution is -0.123. The van der Waals surface area contributed by atoms with Gasteiger partial charge in [0.05, 0.1) is 6.04 Å². The molecule has 1 saturated carbocycles. The molecule has 0 bridgehead atoms. The first-order valence-corrected chi connectivity index (χ1v) is 5.69. The molecule has 2 N–H and O–H groups in total. The van der Waals surface area contributed by atoms with Crippen molar-refractivity contribution in [2.45, 2.75) is 51.2 Å². The first kappa shape index (κ1) is 12.5. The summed E-state index contributed by atoms with van der Waals surface area (Å²) in [6.07, 6.45) is 3.20. The second kappa shape index (κ2) is 6.08. The van der Waals surface area contributed by atoms with Crippen molar-refractivity contribution < 1.29 is 9.53 Å². The van der Waals surface area contributed by atoms with Crippen LogP contribution in [0, 0.1) is 0 Å². The minimum atomic E-state index is -0.113. The summed E-state index contributed by atoms with van der Waals surface area (Å²) in [6.45, 7) is 4.70. The molecule has 0 aliphatic heterocycles. The Balaban J connectivity index is 2.14. The Bertz CT molecular complexity index is 205. The first-order chi connectivity index (χ1) is 7.13. The molecule has 1 fully saturated rings.